The van der Waals surface area contributed by atoms with E-state index in [1.165, 1.54) is 5.56 Å². The first-order valence-corrected chi connectivity index (χ1v) is 8.38. The van der Waals surface area contributed by atoms with Crippen LogP contribution in [0.3, 0.4) is 0 Å². The molecule has 1 atom stereocenters. The highest BCUT2D eigenvalue weighted by Gasteiger charge is 2.48. The summed E-state index contributed by atoms with van der Waals surface area (Å²) in [5.74, 6) is 1.44. The highest BCUT2D eigenvalue weighted by molar-refractivity contribution is 7.98. The maximum Gasteiger partial charge on any atom is 0.327 e. The SMILES string of the molecule is CCOC(=O)C(N)(CSCc1ccc(Cl)cc1)C1CC1. The van der Waals surface area contributed by atoms with Crippen molar-refractivity contribution in [1.29, 1.82) is 0 Å². The van der Waals surface area contributed by atoms with Gasteiger partial charge >= 0.3 is 5.97 Å². The van der Waals surface area contributed by atoms with Crippen LogP contribution < -0.4 is 5.73 Å². The minimum absolute atomic E-state index is 0.258. The van der Waals surface area contributed by atoms with Crippen molar-refractivity contribution in [2.45, 2.75) is 31.1 Å². The first-order valence-electron chi connectivity index (χ1n) is 6.84. The van der Waals surface area contributed by atoms with Gasteiger partial charge in [-0.3, -0.25) is 4.79 Å². The average Bonchev–Trinajstić information content (AvgIpc) is 3.26. The van der Waals surface area contributed by atoms with Crippen LogP contribution in [0.2, 0.25) is 5.02 Å². The van der Waals surface area contributed by atoms with Crippen molar-refractivity contribution in [2.75, 3.05) is 12.4 Å². The molecule has 0 aromatic heterocycles. The molecule has 1 aliphatic carbocycles. The lowest BCUT2D eigenvalue weighted by Gasteiger charge is -2.26. The molecule has 1 unspecified atom stereocenters. The molecule has 5 heteroatoms. The smallest absolute Gasteiger partial charge is 0.327 e. The number of thioether (sulfide) groups is 1. The van der Waals surface area contributed by atoms with E-state index in [2.05, 4.69) is 0 Å². The highest BCUT2D eigenvalue weighted by Crippen LogP contribution is 2.41. The highest BCUT2D eigenvalue weighted by atomic mass is 35.5. The van der Waals surface area contributed by atoms with E-state index < -0.39 is 5.54 Å². The largest absolute Gasteiger partial charge is 0.465 e. The number of hydrogen-bond acceptors (Lipinski definition) is 4. The molecule has 0 bridgehead atoms. The van der Waals surface area contributed by atoms with Crippen molar-refractivity contribution in [3.05, 3.63) is 34.9 Å². The van der Waals surface area contributed by atoms with E-state index in [1.807, 2.05) is 31.2 Å². The topological polar surface area (TPSA) is 52.3 Å². The van der Waals surface area contributed by atoms with Gasteiger partial charge in [-0.25, -0.2) is 0 Å². The van der Waals surface area contributed by atoms with E-state index in [-0.39, 0.29) is 11.9 Å². The third-order valence-corrected chi connectivity index (χ3v) is 4.96. The van der Waals surface area contributed by atoms with Crippen LogP contribution in [-0.4, -0.2) is 23.9 Å². The molecule has 0 radical (unpaired) electrons. The third-order valence-electron chi connectivity index (χ3n) is 3.48. The molecule has 110 valence electrons. The van der Waals surface area contributed by atoms with E-state index in [0.29, 0.717) is 12.4 Å². The van der Waals surface area contributed by atoms with Crippen LogP contribution in [0, 0.1) is 5.92 Å². The fourth-order valence-corrected chi connectivity index (χ4v) is 3.47. The average molecular weight is 314 g/mol. The molecular weight excluding hydrogens is 294 g/mol. The van der Waals surface area contributed by atoms with Crippen molar-refractivity contribution < 1.29 is 9.53 Å². The summed E-state index contributed by atoms with van der Waals surface area (Å²) in [5.41, 5.74) is 6.66. The quantitative estimate of drug-likeness (QED) is 0.785. The Kier molecular flexibility index (Phi) is 5.35. The second kappa shape index (κ2) is 6.83. The molecule has 2 N–H and O–H groups in total. The molecule has 0 saturated heterocycles. The number of hydrogen-bond donors (Lipinski definition) is 1. The van der Waals surface area contributed by atoms with Crippen molar-refractivity contribution in [2.24, 2.45) is 11.7 Å². The first kappa shape index (κ1) is 15.7. The maximum atomic E-state index is 12.1. The summed E-state index contributed by atoms with van der Waals surface area (Å²) >= 11 is 7.53. The normalized spacial score (nSPS) is 17.6. The van der Waals surface area contributed by atoms with Crippen LogP contribution in [0.25, 0.3) is 0 Å². The third kappa shape index (κ3) is 3.90. The summed E-state index contributed by atoms with van der Waals surface area (Å²) in [4.78, 5) is 12.1. The molecule has 1 aromatic carbocycles. The summed E-state index contributed by atoms with van der Waals surface area (Å²) in [6.45, 7) is 2.19. The van der Waals surface area contributed by atoms with E-state index in [0.717, 1.165) is 23.6 Å². The van der Waals surface area contributed by atoms with Crippen LogP contribution in [0.15, 0.2) is 24.3 Å². The molecule has 3 nitrogen and oxygen atoms in total. The monoisotopic (exact) mass is 313 g/mol. The zero-order valence-electron chi connectivity index (χ0n) is 11.6. The fourth-order valence-electron chi connectivity index (χ4n) is 2.13. The Morgan fingerprint density at radius 3 is 2.65 bits per heavy atom. The van der Waals surface area contributed by atoms with Crippen molar-refractivity contribution >= 4 is 29.3 Å². The minimum atomic E-state index is -0.826. The summed E-state index contributed by atoms with van der Waals surface area (Å²) < 4.78 is 5.13. The second-order valence-corrected chi connectivity index (χ2v) is 6.58. The molecule has 0 amide bonds. The lowest BCUT2D eigenvalue weighted by molar-refractivity contribution is -0.149. The van der Waals surface area contributed by atoms with Crippen LogP contribution in [0.4, 0.5) is 0 Å². The zero-order valence-corrected chi connectivity index (χ0v) is 13.2. The number of carbonyl (C=O) groups excluding carboxylic acids is 1. The Morgan fingerprint density at radius 2 is 2.10 bits per heavy atom. The Bertz CT molecular complexity index is 461. The van der Waals surface area contributed by atoms with Crippen LogP contribution in [-0.2, 0) is 15.3 Å². The van der Waals surface area contributed by atoms with Gasteiger partial charge in [-0.2, -0.15) is 11.8 Å². The zero-order chi connectivity index (χ0) is 14.6. The number of nitrogens with two attached hydrogens (primary N) is 1. The Morgan fingerprint density at radius 1 is 1.45 bits per heavy atom. The lowest BCUT2D eigenvalue weighted by Crippen LogP contribution is -2.53. The number of esters is 1. The van der Waals surface area contributed by atoms with Gasteiger partial charge in [0.15, 0.2) is 0 Å². The van der Waals surface area contributed by atoms with Crippen LogP contribution in [0.5, 0.6) is 0 Å². The van der Waals surface area contributed by atoms with Gasteiger partial charge in [0, 0.05) is 16.5 Å². The van der Waals surface area contributed by atoms with Crippen molar-refractivity contribution in [1.82, 2.24) is 0 Å². The number of benzene rings is 1. The van der Waals surface area contributed by atoms with Crippen molar-refractivity contribution in [3.8, 4) is 0 Å². The lowest BCUT2D eigenvalue weighted by atomic mass is 9.97. The molecule has 1 saturated carbocycles. The van der Waals surface area contributed by atoms with Gasteiger partial charge in [-0.1, -0.05) is 23.7 Å². The van der Waals surface area contributed by atoms with Gasteiger partial charge < -0.3 is 10.5 Å². The number of halogens is 1. The van der Waals surface area contributed by atoms with Crippen LogP contribution in [0.1, 0.15) is 25.3 Å². The summed E-state index contributed by atoms with van der Waals surface area (Å²) in [5, 5.41) is 0.733. The van der Waals surface area contributed by atoms with Gasteiger partial charge in [0.1, 0.15) is 5.54 Å². The van der Waals surface area contributed by atoms with Gasteiger partial charge in [0.25, 0.3) is 0 Å². The number of ether oxygens (including phenoxy) is 1. The van der Waals surface area contributed by atoms with E-state index >= 15 is 0 Å². The molecule has 0 spiro atoms. The first-order chi connectivity index (χ1) is 9.56. The molecule has 0 heterocycles. The van der Waals surface area contributed by atoms with Crippen molar-refractivity contribution in [3.63, 3.8) is 0 Å². The van der Waals surface area contributed by atoms with Crippen LogP contribution >= 0.6 is 23.4 Å². The fraction of sp³-hybridized carbons (Fsp3) is 0.533. The summed E-state index contributed by atoms with van der Waals surface area (Å²) in [6.07, 6.45) is 2.05. The Labute approximate surface area is 129 Å². The predicted octanol–water partition coefficient (Wildman–Crippen LogP) is 3.24. The molecular formula is C15H20ClNO2S. The van der Waals surface area contributed by atoms with E-state index in [4.69, 9.17) is 22.1 Å². The van der Waals surface area contributed by atoms with Gasteiger partial charge in [0.2, 0.25) is 0 Å². The Hall–Kier alpha value is -0.710. The van der Waals surface area contributed by atoms with Gasteiger partial charge in [-0.15, -0.1) is 0 Å². The second-order valence-electron chi connectivity index (χ2n) is 5.15. The number of carbonyl (C=O) groups is 1. The van der Waals surface area contributed by atoms with Gasteiger partial charge in [-0.05, 0) is 43.4 Å². The molecule has 0 aliphatic heterocycles. The predicted molar refractivity (Wildman–Crippen MR) is 83.9 cm³/mol. The molecule has 1 aromatic rings. The summed E-state index contributed by atoms with van der Waals surface area (Å²) in [7, 11) is 0. The van der Waals surface area contributed by atoms with E-state index in [1.54, 1.807) is 11.8 Å². The molecule has 2 rings (SSSR count). The minimum Gasteiger partial charge on any atom is -0.465 e. The molecule has 1 fully saturated rings. The summed E-state index contributed by atoms with van der Waals surface area (Å²) in [6, 6.07) is 7.74. The number of rotatable bonds is 7. The Balaban J connectivity index is 1.89. The molecule has 20 heavy (non-hydrogen) atoms. The van der Waals surface area contributed by atoms with E-state index in [9.17, 15) is 4.79 Å². The van der Waals surface area contributed by atoms with Gasteiger partial charge in [0.05, 0.1) is 6.61 Å². The maximum absolute atomic E-state index is 12.1. The molecule has 1 aliphatic rings. The standard InChI is InChI=1S/C15H20ClNO2S/c1-2-19-14(18)15(17,12-5-6-12)10-20-9-11-3-7-13(16)8-4-11/h3-4,7-8,12H,2,5-6,9-10,17H2,1H3.